The van der Waals surface area contributed by atoms with E-state index in [1.165, 1.54) is 5.56 Å². The van der Waals surface area contributed by atoms with Crippen LogP contribution in [0, 0.1) is 6.92 Å². The second-order valence-corrected chi connectivity index (χ2v) is 5.53. The zero-order valence-electron chi connectivity index (χ0n) is 10.3. The Labute approximate surface area is 97.7 Å². The highest BCUT2D eigenvalue weighted by atomic mass is 16.3. The summed E-state index contributed by atoms with van der Waals surface area (Å²) in [5, 5.41) is 13.8. The minimum Gasteiger partial charge on any atom is -0.387 e. The van der Waals surface area contributed by atoms with Gasteiger partial charge >= 0.3 is 0 Å². The molecule has 1 aliphatic rings. The van der Waals surface area contributed by atoms with Crippen molar-refractivity contribution < 1.29 is 5.11 Å². The van der Waals surface area contributed by atoms with Crippen LogP contribution in [0.1, 0.15) is 43.9 Å². The van der Waals surface area contributed by atoms with Crippen LogP contribution in [0.4, 0.5) is 0 Å². The first kappa shape index (κ1) is 11.6. The topological polar surface area (TPSA) is 32.3 Å². The molecule has 0 bridgehead atoms. The van der Waals surface area contributed by atoms with E-state index in [9.17, 15) is 5.11 Å². The highest BCUT2D eigenvalue weighted by molar-refractivity contribution is 5.24. The van der Waals surface area contributed by atoms with Gasteiger partial charge in [-0.25, -0.2) is 0 Å². The Hall–Kier alpha value is -0.860. The number of rotatable bonds is 2. The van der Waals surface area contributed by atoms with E-state index in [4.69, 9.17) is 0 Å². The molecule has 1 saturated heterocycles. The monoisotopic (exact) mass is 219 g/mol. The maximum Gasteiger partial charge on any atom is 0.0943 e. The van der Waals surface area contributed by atoms with Gasteiger partial charge in [-0.3, -0.25) is 0 Å². The largest absolute Gasteiger partial charge is 0.387 e. The Kier molecular flexibility index (Phi) is 3.04. The molecule has 2 nitrogen and oxygen atoms in total. The molecule has 1 aromatic carbocycles. The summed E-state index contributed by atoms with van der Waals surface area (Å²) in [7, 11) is 0. The predicted molar refractivity (Wildman–Crippen MR) is 66.4 cm³/mol. The summed E-state index contributed by atoms with van der Waals surface area (Å²) in [5.74, 6) is 0. The fraction of sp³-hybridized carbons (Fsp3) is 0.571. The fourth-order valence-corrected chi connectivity index (χ4v) is 2.40. The third-order valence-corrected chi connectivity index (χ3v) is 3.46. The first-order valence-corrected chi connectivity index (χ1v) is 6.00. The SMILES string of the molecule is Cc1ccc(C(O)C2CCC(C)(C)N2)cc1. The highest BCUT2D eigenvalue weighted by Crippen LogP contribution is 2.30. The second-order valence-electron chi connectivity index (χ2n) is 5.53. The Bertz CT molecular complexity index is 356. The van der Waals surface area contributed by atoms with Crippen LogP contribution in [0.2, 0.25) is 0 Å². The van der Waals surface area contributed by atoms with Gasteiger partial charge in [0.15, 0.2) is 0 Å². The van der Waals surface area contributed by atoms with Gasteiger partial charge in [0.25, 0.3) is 0 Å². The third kappa shape index (κ3) is 2.45. The number of aliphatic hydroxyl groups is 1. The fourth-order valence-electron chi connectivity index (χ4n) is 2.40. The lowest BCUT2D eigenvalue weighted by Gasteiger charge is -2.24. The van der Waals surface area contributed by atoms with Crippen molar-refractivity contribution in [1.29, 1.82) is 0 Å². The quantitative estimate of drug-likeness (QED) is 0.801. The maximum absolute atomic E-state index is 10.3. The van der Waals surface area contributed by atoms with Crippen LogP contribution in [-0.4, -0.2) is 16.7 Å². The van der Waals surface area contributed by atoms with E-state index < -0.39 is 0 Å². The Morgan fingerprint density at radius 2 is 1.94 bits per heavy atom. The molecule has 2 heteroatoms. The van der Waals surface area contributed by atoms with Crippen molar-refractivity contribution in [2.45, 2.75) is 51.3 Å². The lowest BCUT2D eigenvalue weighted by molar-refractivity contribution is 0.131. The van der Waals surface area contributed by atoms with Gasteiger partial charge in [-0.15, -0.1) is 0 Å². The summed E-state index contributed by atoms with van der Waals surface area (Å²) in [6, 6.07) is 8.34. The smallest absolute Gasteiger partial charge is 0.0943 e. The predicted octanol–water partition coefficient (Wildman–Crippen LogP) is 2.56. The molecule has 16 heavy (non-hydrogen) atoms. The first-order valence-electron chi connectivity index (χ1n) is 6.00. The molecule has 2 atom stereocenters. The Balaban J connectivity index is 2.08. The lowest BCUT2D eigenvalue weighted by Crippen LogP contribution is -2.40. The van der Waals surface area contributed by atoms with Crippen molar-refractivity contribution in [1.82, 2.24) is 5.32 Å². The van der Waals surface area contributed by atoms with Crippen molar-refractivity contribution in [3.63, 3.8) is 0 Å². The minimum atomic E-state index is -0.387. The molecular weight excluding hydrogens is 198 g/mol. The van der Waals surface area contributed by atoms with E-state index in [1.807, 2.05) is 12.1 Å². The van der Waals surface area contributed by atoms with Crippen molar-refractivity contribution in [3.8, 4) is 0 Å². The van der Waals surface area contributed by atoms with Gasteiger partial charge in [-0.05, 0) is 39.2 Å². The molecule has 1 fully saturated rings. The van der Waals surface area contributed by atoms with Crippen LogP contribution in [-0.2, 0) is 0 Å². The number of nitrogens with one attached hydrogen (secondary N) is 1. The molecule has 0 aromatic heterocycles. The number of aliphatic hydroxyl groups excluding tert-OH is 1. The van der Waals surface area contributed by atoms with Crippen LogP contribution in [0.15, 0.2) is 24.3 Å². The van der Waals surface area contributed by atoms with E-state index in [0.717, 1.165) is 18.4 Å². The van der Waals surface area contributed by atoms with Gasteiger partial charge in [0.1, 0.15) is 0 Å². The van der Waals surface area contributed by atoms with E-state index in [-0.39, 0.29) is 17.7 Å². The molecule has 2 N–H and O–H groups in total. The first-order chi connectivity index (χ1) is 7.48. The average Bonchev–Trinajstić information content (AvgIpc) is 2.59. The standard InChI is InChI=1S/C14H21NO/c1-10-4-6-11(7-5-10)13(16)12-8-9-14(2,3)15-12/h4-7,12-13,15-16H,8-9H2,1-3H3. The highest BCUT2D eigenvalue weighted by Gasteiger charge is 2.34. The van der Waals surface area contributed by atoms with Gasteiger partial charge in [0.2, 0.25) is 0 Å². The van der Waals surface area contributed by atoms with Crippen LogP contribution >= 0.6 is 0 Å². The van der Waals surface area contributed by atoms with Crippen molar-refractivity contribution in [3.05, 3.63) is 35.4 Å². The maximum atomic E-state index is 10.3. The molecule has 1 aromatic rings. The number of hydrogen-bond donors (Lipinski definition) is 2. The van der Waals surface area contributed by atoms with Crippen molar-refractivity contribution in [2.24, 2.45) is 0 Å². The molecular formula is C14H21NO. The Morgan fingerprint density at radius 3 is 2.44 bits per heavy atom. The summed E-state index contributed by atoms with van der Waals surface area (Å²) in [6.45, 7) is 6.44. The van der Waals surface area contributed by atoms with Gasteiger partial charge in [0.05, 0.1) is 6.10 Å². The zero-order chi connectivity index (χ0) is 11.8. The summed E-state index contributed by atoms with van der Waals surface area (Å²) < 4.78 is 0. The summed E-state index contributed by atoms with van der Waals surface area (Å²) in [4.78, 5) is 0. The molecule has 0 aliphatic carbocycles. The molecule has 0 saturated carbocycles. The molecule has 88 valence electrons. The summed E-state index contributed by atoms with van der Waals surface area (Å²) >= 11 is 0. The van der Waals surface area contributed by atoms with E-state index in [1.54, 1.807) is 0 Å². The van der Waals surface area contributed by atoms with E-state index >= 15 is 0 Å². The minimum absolute atomic E-state index is 0.163. The van der Waals surface area contributed by atoms with Crippen LogP contribution in [0.3, 0.4) is 0 Å². The zero-order valence-corrected chi connectivity index (χ0v) is 10.3. The normalized spacial score (nSPS) is 25.6. The van der Waals surface area contributed by atoms with Gasteiger partial charge in [0, 0.05) is 11.6 Å². The van der Waals surface area contributed by atoms with Crippen LogP contribution in [0.5, 0.6) is 0 Å². The van der Waals surface area contributed by atoms with Crippen LogP contribution in [0.25, 0.3) is 0 Å². The van der Waals surface area contributed by atoms with E-state index in [2.05, 4.69) is 38.2 Å². The van der Waals surface area contributed by atoms with Crippen LogP contribution < -0.4 is 5.32 Å². The number of aryl methyl sites for hydroxylation is 1. The van der Waals surface area contributed by atoms with E-state index in [0.29, 0.717) is 0 Å². The Morgan fingerprint density at radius 1 is 1.31 bits per heavy atom. The molecule has 0 radical (unpaired) electrons. The van der Waals surface area contributed by atoms with Gasteiger partial charge in [-0.1, -0.05) is 29.8 Å². The summed E-state index contributed by atoms with van der Waals surface area (Å²) in [6.07, 6.45) is 1.78. The van der Waals surface area contributed by atoms with Crippen molar-refractivity contribution in [2.75, 3.05) is 0 Å². The molecule has 2 rings (SSSR count). The van der Waals surface area contributed by atoms with Gasteiger partial charge in [-0.2, -0.15) is 0 Å². The molecule has 1 heterocycles. The number of hydrogen-bond acceptors (Lipinski definition) is 2. The van der Waals surface area contributed by atoms with Gasteiger partial charge < -0.3 is 10.4 Å². The second kappa shape index (κ2) is 4.19. The third-order valence-electron chi connectivity index (χ3n) is 3.46. The lowest BCUT2D eigenvalue weighted by atomic mass is 9.99. The number of benzene rings is 1. The van der Waals surface area contributed by atoms with Crippen molar-refractivity contribution >= 4 is 0 Å². The average molecular weight is 219 g/mol. The summed E-state index contributed by atoms with van der Waals surface area (Å²) in [5.41, 5.74) is 2.41. The molecule has 0 amide bonds. The molecule has 1 aliphatic heterocycles. The molecule has 2 unspecified atom stereocenters. The molecule has 0 spiro atoms.